The zero-order valence-corrected chi connectivity index (χ0v) is 16.5. The van der Waals surface area contributed by atoms with Crippen LogP contribution in [-0.2, 0) is 14.3 Å². The Morgan fingerprint density at radius 2 is 1.76 bits per heavy atom. The molecule has 5 rings (SSSR count). The largest absolute Gasteiger partial charge is 0.460 e. The van der Waals surface area contributed by atoms with Crippen LogP contribution in [0.5, 0.6) is 0 Å². The monoisotopic (exact) mass is 412 g/mol. The van der Waals surface area contributed by atoms with Crippen LogP contribution in [0.1, 0.15) is 27.2 Å². The molecule has 162 valence electrons. The molecule has 1 unspecified atom stereocenters. The molecule has 0 aromatic rings. The number of esters is 1. The van der Waals surface area contributed by atoms with Crippen LogP contribution in [-0.4, -0.2) is 91.0 Å². The average Bonchev–Trinajstić information content (AvgIpc) is 2.85. The highest BCUT2D eigenvalue weighted by molar-refractivity contribution is 5.79. The molecule has 0 amide bonds. The molecule has 9 nitrogen and oxygen atoms in total. The van der Waals surface area contributed by atoms with E-state index in [2.05, 4.69) is 0 Å². The Hall–Kier alpha value is -1.07. The van der Waals surface area contributed by atoms with E-state index < -0.39 is 70.5 Å². The zero-order valence-electron chi connectivity index (χ0n) is 16.5. The number of carbonyl (C=O) groups is 1. The molecular weight excluding hydrogens is 384 g/mol. The van der Waals surface area contributed by atoms with Crippen LogP contribution in [0.4, 0.5) is 0 Å². The molecule has 2 heterocycles. The standard InChI is InChI=1S/C20H28O9/c1-7-4-9(21)13(23)17(2)8(7)5-10-19-6-28-18(3,14(24)11(22)12(17)19)20(19,27)15(25)16(26)29-10/h4,8-15,21-25,27H,5-6H2,1-3H3/t8-,9-,10+,11+,12?,13+,14-,15-,17-,18+,19+,20+/m0/s1. The normalized spacial score (nSPS) is 63.3. The van der Waals surface area contributed by atoms with Crippen LogP contribution in [0.15, 0.2) is 11.6 Å². The predicted molar refractivity (Wildman–Crippen MR) is 95.1 cm³/mol. The van der Waals surface area contributed by atoms with Gasteiger partial charge in [-0.2, -0.15) is 0 Å². The number of aliphatic hydroxyl groups is 6. The lowest BCUT2D eigenvalue weighted by atomic mass is 9.36. The molecule has 2 bridgehead atoms. The minimum absolute atomic E-state index is 0.179. The molecule has 6 N–H and O–H groups in total. The summed E-state index contributed by atoms with van der Waals surface area (Å²) in [6.07, 6.45) is -6.71. The van der Waals surface area contributed by atoms with Gasteiger partial charge in [0.2, 0.25) is 0 Å². The lowest BCUT2D eigenvalue weighted by molar-refractivity contribution is -0.355. The quantitative estimate of drug-likeness (QED) is 0.193. The minimum atomic E-state index is -2.24. The van der Waals surface area contributed by atoms with Crippen LogP contribution in [0.25, 0.3) is 0 Å². The SMILES string of the molecule is CC1=C[C@H](O)[C@@H](O)[C@]2(C)C3[C@@H](O)[C@H](O)[C@@]4(C)OC[C@@]35[C@@H](C[C@@H]12)OC(=O)[C@H](O)[C@]54O. The van der Waals surface area contributed by atoms with Crippen molar-refractivity contribution in [2.24, 2.45) is 22.7 Å². The van der Waals surface area contributed by atoms with Crippen molar-refractivity contribution in [3.8, 4) is 0 Å². The van der Waals surface area contributed by atoms with Gasteiger partial charge in [0.25, 0.3) is 0 Å². The molecule has 2 saturated heterocycles. The Kier molecular flexibility index (Phi) is 3.70. The molecule has 0 radical (unpaired) electrons. The predicted octanol–water partition coefficient (Wildman–Crippen LogP) is -2.16. The van der Waals surface area contributed by atoms with Gasteiger partial charge in [0.15, 0.2) is 6.10 Å². The summed E-state index contributed by atoms with van der Waals surface area (Å²) in [5.74, 6) is -2.42. The molecule has 3 aliphatic carbocycles. The summed E-state index contributed by atoms with van der Waals surface area (Å²) in [7, 11) is 0. The first kappa shape index (κ1) is 19.9. The van der Waals surface area contributed by atoms with E-state index in [0.717, 1.165) is 5.57 Å². The van der Waals surface area contributed by atoms with E-state index in [1.165, 1.54) is 6.92 Å². The first-order valence-electron chi connectivity index (χ1n) is 10.0. The van der Waals surface area contributed by atoms with Crippen molar-refractivity contribution >= 4 is 5.97 Å². The van der Waals surface area contributed by atoms with E-state index >= 15 is 0 Å². The lowest BCUT2D eigenvalue weighted by Gasteiger charge is -2.70. The average molecular weight is 412 g/mol. The third kappa shape index (κ3) is 1.75. The summed E-state index contributed by atoms with van der Waals surface area (Å²) in [6.45, 7) is 4.69. The number of rotatable bonds is 0. The number of ether oxygens (including phenoxy) is 2. The van der Waals surface area contributed by atoms with Crippen LogP contribution < -0.4 is 0 Å². The molecule has 0 aromatic carbocycles. The van der Waals surface area contributed by atoms with Crippen molar-refractivity contribution < 1.29 is 44.9 Å². The molecule has 9 heteroatoms. The summed E-state index contributed by atoms with van der Waals surface area (Å²) >= 11 is 0. The van der Waals surface area contributed by atoms with Crippen LogP contribution in [0, 0.1) is 22.7 Å². The highest BCUT2D eigenvalue weighted by atomic mass is 16.6. The zero-order chi connectivity index (χ0) is 21.3. The maximum atomic E-state index is 12.5. The third-order valence-corrected chi connectivity index (χ3v) is 9.13. The van der Waals surface area contributed by atoms with Gasteiger partial charge < -0.3 is 40.1 Å². The molecule has 5 aliphatic rings. The smallest absolute Gasteiger partial charge is 0.338 e. The fourth-order valence-electron chi connectivity index (χ4n) is 7.72. The number of hydrogen-bond donors (Lipinski definition) is 6. The van der Waals surface area contributed by atoms with Crippen molar-refractivity contribution in [3.05, 3.63) is 11.6 Å². The van der Waals surface area contributed by atoms with Gasteiger partial charge in [0.05, 0.1) is 30.3 Å². The summed E-state index contributed by atoms with van der Waals surface area (Å²) in [6, 6.07) is 0. The van der Waals surface area contributed by atoms with Crippen molar-refractivity contribution in [2.45, 2.75) is 75.0 Å². The van der Waals surface area contributed by atoms with Crippen molar-refractivity contribution in [1.29, 1.82) is 0 Å². The topological polar surface area (TPSA) is 157 Å². The molecule has 1 spiro atoms. The van der Waals surface area contributed by atoms with E-state index in [1.54, 1.807) is 19.9 Å². The molecule has 2 aliphatic heterocycles. The van der Waals surface area contributed by atoms with Gasteiger partial charge in [0.1, 0.15) is 23.4 Å². The van der Waals surface area contributed by atoms with Gasteiger partial charge in [-0.1, -0.05) is 18.6 Å². The molecular formula is C20H28O9. The van der Waals surface area contributed by atoms with Gasteiger partial charge in [-0.25, -0.2) is 4.79 Å². The number of carbonyl (C=O) groups excluding carboxylic acids is 1. The number of allylic oxidation sites excluding steroid dienone is 1. The van der Waals surface area contributed by atoms with Gasteiger partial charge >= 0.3 is 5.97 Å². The molecule has 4 fully saturated rings. The molecule has 12 atom stereocenters. The number of hydrogen-bond acceptors (Lipinski definition) is 9. The second-order valence-corrected chi connectivity index (χ2v) is 9.94. The number of fused-ring (bicyclic) bond motifs is 2. The van der Waals surface area contributed by atoms with E-state index in [9.17, 15) is 35.4 Å². The summed E-state index contributed by atoms with van der Waals surface area (Å²) in [5.41, 5.74) is -5.93. The fraction of sp³-hybridized carbons (Fsp3) is 0.850. The van der Waals surface area contributed by atoms with Gasteiger partial charge in [0, 0.05) is 11.3 Å². The van der Waals surface area contributed by atoms with E-state index in [4.69, 9.17) is 9.47 Å². The van der Waals surface area contributed by atoms with Crippen molar-refractivity contribution in [1.82, 2.24) is 0 Å². The third-order valence-electron chi connectivity index (χ3n) is 9.13. The van der Waals surface area contributed by atoms with E-state index in [1.807, 2.05) is 0 Å². The first-order valence-corrected chi connectivity index (χ1v) is 10.0. The van der Waals surface area contributed by atoms with Gasteiger partial charge in [-0.05, 0) is 26.2 Å². The maximum Gasteiger partial charge on any atom is 0.338 e. The van der Waals surface area contributed by atoms with E-state index in [-0.39, 0.29) is 18.9 Å². The Labute approximate surface area is 167 Å². The van der Waals surface area contributed by atoms with Gasteiger partial charge in [-0.3, -0.25) is 0 Å². The second-order valence-electron chi connectivity index (χ2n) is 9.94. The Morgan fingerprint density at radius 1 is 1.10 bits per heavy atom. The molecule has 2 saturated carbocycles. The van der Waals surface area contributed by atoms with Gasteiger partial charge in [-0.15, -0.1) is 0 Å². The van der Waals surface area contributed by atoms with Crippen molar-refractivity contribution in [2.75, 3.05) is 6.61 Å². The minimum Gasteiger partial charge on any atom is -0.460 e. The number of aliphatic hydroxyl groups excluding tert-OH is 5. The van der Waals surface area contributed by atoms with E-state index in [0.29, 0.717) is 0 Å². The summed E-state index contributed by atoms with van der Waals surface area (Å²) < 4.78 is 11.4. The highest BCUT2D eigenvalue weighted by Gasteiger charge is 2.88. The van der Waals surface area contributed by atoms with Crippen LogP contribution >= 0.6 is 0 Å². The first-order chi connectivity index (χ1) is 13.4. The highest BCUT2D eigenvalue weighted by Crippen LogP contribution is 2.73. The summed E-state index contributed by atoms with van der Waals surface area (Å²) in [4.78, 5) is 12.5. The lowest BCUT2D eigenvalue weighted by Crippen LogP contribution is -2.86. The molecule has 29 heavy (non-hydrogen) atoms. The maximum absolute atomic E-state index is 12.5. The molecule has 0 aromatic heterocycles. The second kappa shape index (κ2) is 5.40. The van der Waals surface area contributed by atoms with Crippen molar-refractivity contribution in [3.63, 3.8) is 0 Å². The Morgan fingerprint density at radius 3 is 2.41 bits per heavy atom. The fourth-order valence-corrected chi connectivity index (χ4v) is 7.72. The summed E-state index contributed by atoms with van der Waals surface area (Å²) in [5, 5.41) is 66.5. The van der Waals surface area contributed by atoms with Crippen LogP contribution in [0.2, 0.25) is 0 Å². The Bertz CT molecular complexity index is 814. The van der Waals surface area contributed by atoms with Crippen LogP contribution in [0.3, 0.4) is 0 Å². The Balaban J connectivity index is 1.82.